The van der Waals surface area contributed by atoms with E-state index in [1.807, 2.05) is 32.0 Å². The van der Waals surface area contributed by atoms with Crippen LogP contribution in [0.1, 0.15) is 98.5 Å². The molecule has 1 aromatic carbocycles. The Morgan fingerprint density at radius 2 is 1.36 bits per heavy atom. The fourth-order valence-corrected chi connectivity index (χ4v) is 7.37. The van der Waals surface area contributed by atoms with Crippen LogP contribution in [-0.2, 0) is 49.6 Å². The van der Waals surface area contributed by atoms with Crippen LogP contribution < -0.4 is 54.0 Å². The fraction of sp³-hybridized carbons (Fsp3) is 0.628. The minimum absolute atomic E-state index is 0.0720. The van der Waals surface area contributed by atoms with Gasteiger partial charge in [0.2, 0.25) is 53.2 Å². The second-order valence-corrected chi connectivity index (χ2v) is 16.9. The molecule has 21 heteroatoms. The lowest BCUT2D eigenvalue weighted by Gasteiger charge is -2.31. The van der Waals surface area contributed by atoms with E-state index < -0.39 is 101 Å². The molecule has 9 amide bonds. The van der Waals surface area contributed by atoms with Gasteiger partial charge in [0.1, 0.15) is 48.3 Å². The summed E-state index contributed by atoms with van der Waals surface area (Å²) in [6, 6.07) is 0.308. The van der Waals surface area contributed by atoms with Crippen LogP contribution in [0.15, 0.2) is 35.3 Å². The van der Waals surface area contributed by atoms with Gasteiger partial charge in [0.05, 0.1) is 0 Å². The Hall–Kier alpha value is -6.28. The molecular formula is C43H68N12O9. The number of nitrogens with zero attached hydrogens (tertiary/aromatic N) is 2. The summed E-state index contributed by atoms with van der Waals surface area (Å²) < 4.78 is 0. The summed E-state index contributed by atoms with van der Waals surface area (Å²) in [5.74, 6) is -5.67. The van der Waals surface area contributed by atoms with Gasteiger partial charge in [-0.15, -0.1) is 0 Å². The van der Waals surface area contributed by atoms with Crippen molar-refractivity contribution >= 4 is 59.1 Å². The molecule has 21 nitrogen and oxygen atoms in total. The van der Waals surface area contributed by atoms with E-state index in [0.717, 1.165) is 5.56 Å². The average molecular weight is 897 g/mol. The third-order valence-corrected chi connectivity index (χ3v) is 10.8. The van der Waals surface area contributed by atoms with E-state index >= 15 is 0 Å². The van der Waals surface area contributed by atoms with Crippen LogP contribution in [0.4, 0.5) is 0 Å². The fourth-order valence-electron chi connectivity index (χ4n) is 7.37. The summed E-state index contributed by atoms with van der Waals surface area (Å²) in [5.41, 5.74) is 11.7. The number of hydrogen-bond acceptors (Lipinski definition) is 10. The summed E-state index contributed by atoms with van der Waals surface area (Å²) in [5, 5.41) is 21.4. The number of carbonyl (C=O) groups excluding carboxylic acids is 9. The van der Waals surface area contributed by atoms with Crippen LogP contribution in [0.5, 0.6) is 0 Å². The predicted octanol–water partition coefficient (Wildman–Crippen LogP) is -1.91. The highest BCUT2D eigenvalue weighted by Gasteiger charge is 2.40. The number of nitrogens with one attached hydrogen (secondary N) is 8. The average Bonchev–Trinajstić information content (AvgIpc) is 3.73. The van der Waals surface area contributed by atoms with Gasteiger partial charge in [0.25, 0.3) is 0 Å². The molecule has 0 aliphatic carbocycles. The number of fused-ring (bicyclic) bond motifs is 1. The molecule has 0 unspecified atom stereocenters. The minimum Gasteiger partial charge on any atom is -0.370 e. The molecule has 8 atom stereocenters. The lowest BCUT2D eigenvalue weighted by molar-refractivity contribution is -0.142. The highest BCUT2D eigenvalue weighted by molar-refractivity contribution is 5.98. The summed E-state index contributed by atoms with van der Waals surface area (Å²) in [6.45, 7) is 9.71. The first-order valence-electron chi connectivity index (χ1n) is 22.0. The molecule has 2 fully saturated rings. The van der Waals surface area contributed by atoms with Crippen molar-refractivity contribution in [1.29, 1.82) is 0 Å². The zero-order valence-corrected chi connectivity index (χ0v) is 37.8. The smallest absolute Gasteiger partial charge is 0.245 e. The van der Waals surface area contributed by atoms with E-state index in [9.17, 15) is 43.2 Å². The maximum Gasteiger partial charge on any atom is 0.245 e. The molecular weight excluding hydrogens is 829 g/mol. The van der Waals surface area contributed by atoms with Crippen molar-refractivity contribution in [2.75, 3.05) is 19.6 Å². The van der Waals surface area contributed by atoms with Crippen LogP contribution in [-0.4, -0.2) is 132 Å². The van der Waals surface area contributed by atoms with Crippen molar-refractivity contribution in [2.45, 2.75) is 148 Å². The molecule has 0 radical (unpaired) electrons. The zero-order valence-electron chi connectivity index (χ0n) is 37.8. The van der Waals surface area contributed by atoms with Crippen LogP contribution in [0.2, 0.25) is 0 Å². The van der Waals surface area contributed by atoms with E-state index in [4.69, 9.17) is 11.5 Å². The van der Waals surface area contributed by atoms with E-state index in [1.165, 1.54) is 32.6 Å². The molecule has 1 aromatic rings. The van der Waals surface area contributed by atoms with Crippen LogP contribution in [0, 0.1) is 5.92 Å². The Labute approximate surface area is 374 Å². The maximum absolute atomic E-state index is 14.5. The molecule has 2 aliphatic rings. The SMILES string of the molecule is CC(=O)N[C@@H](Cc1ccccc1)C(=O)N[C@H]1CCCCNC(=O)[C@H](CCCN=C(N)N)NC(=O)[C@@H](C)NC(=O)[C@H](C)NC(=O)[C@H](C)NC(=O)[C@H](CC(C)C)NC(=O)[C@@H]2CCCN2C1=O. The number of nitrogens with two attached hydrogens (primary N) is 2. The number of hydrogen-bond donors (Lipinski definition) is 10. The second-order valence-electron chi connectivity index (χ2n) is 16.9. The predicted molar refractivity (Wildman–Crippen MR) is 237 cm³/mol. The standard InChI is InChI=1S/C43H68N12O9/c1-24(2)22-32-39(61)50-26(4)36(58)48-25(3)35(57)49-27(5)37(59)52-30(17-12-20-47-43(44)45)38(60)46-19-11-10-16-31(42(64)55-21-13-18-34(55)41(63)54-32)53-40(62)33(51-28(6)56)23-29-14-8-7-9-15-29/h7-9,14-15,24-27,30-34H,10-13,16-23H2,1-6H3,(H,46,60)(H,48,58)(H,49,57)(H,50,61)(H,51,56)(H,52,59)(H,53,62)(H,54,63)(H4,44,45,47)/t25-,26-,27+,30-,31-,32-,33-,34-/m0/s1. The number of rotatable bonds is 11. The Bertz CT molecular complexity index is 1840. The van der Waals surface area contributed by atoms with Gasteiger partial charge < -0.3 is 58.9 Å². The van der Waals surface area contributed by atoms with Crippen molar-refractivity contribution in [3.8, 4) is 0 Å². The summed E-state index contributed by atoms with van der Waals surface area (Å²) in [4.78, 5) is 127. The number of aliphatic imine (C=N–C) groups is 1. The molecule has 2 saturated heterocycles. The van der Waals surface area contributed by atoms with E-state index in [0.29, 0.717) is 25.7 Å². The van der Waals surface area contributed by atoms with E-state index in [-0.39, 0.29) is 63.6 Å². The first-order valence-corrected chi connectivity index (χ1v) is 22.0. The Balaban J connectivity index is 1.96. The molecule has 3 rings (SSSR count). The summed E-state index contributed by atoms with van der Waals surface area (Å²) in [6.07, 6.45) is 2.28. The minimum atomic E-state index is -1.15. The van der Waals surface area contributed by atoms with Gasteiger partial charge >= 0.3 is 0 Å². The molecule has 0 saturated carbocycles. The molecule has 0 aromatic heterocycles. The van der Waals surface area contributed by atoms with Crippen LogP contribution in [0.25, 0.3) is 0 Å². The van der Waals surface area contributed by atoms with Gasteiger partial charge in [-0.2, -0.15) is 0 Å². The monoisotopic (exact) mass is 897 g/mol. The van der Waals surface area contributed by atoms with E-state index in [1.54, 1.807) is 12.1 Å². The van der Waals surface area contributed by atoms with Crippen LogP contribution >= 0.6 is 0 Å². The highest BCUT2D eigenvalue weighted by Crippen LogP contribution is 2.21. The summed E-state index contributed by atoms with van der Waals surface area (Å²) >= 11 is 0. The maximum atomic E-state index is 14.5. The molecule has 2 heterocycles. The van der Waals surface area contributed by atoms with Gasteiger partial charge in [0.15, 0.2) is 5.96 Å². The topological polar surface area (TPSA) is 318 Å². The van der Waals surface area contributed by atoms with Crippen LogP contribution in [0.3, 0.4) is 0 Å². The van der Waals surface area contributed by atoms with Crippen molar-refractivity contribution in [3.05, 3.63) is 35.9 Å². The number of guanidine groups is 1. The Morgan fingerprint density at radius 3 is 1.95 bits per heavy atom. The third-order valence-electron chi connectivity index (χ3n) is 10.8. The van der Waals surface area contributed by atoms with Crippen molar-refractivity contribution in [3.63, 3.8) is 0 Å². The lowest BCUT2D eigenvalue weighted by atomic mass is 10.0. The Kier molecular flexibility index (Phi) is 20.9. The first-order chi connectivity index (χ1) is 30.3. The first kappa shape index (κ1) is 52.1. The largest absolute Gasteiger partial charge is 0.370 e. The normalized spacial score (nSPS) is 25.4. The van der Waals surface area contributed by atoms with Gasteiger partial charge in [0, 0.05) is 33.0 Å². The Morgan fingerprint density at radius 1 is 0.766 bits per heavy atom. The van der Waals surface area contributed by atoms with Crippen molar-refractivity contribution in [1.82, 2.24) is 47.4 Å². The highest BCUT2D eigenvalue weighted by atomic mass is 16.2. The zero-order chi connectivity index (χ0) is 47.5. The molecule has 2 aliphatic heterocycles. The van der Waals surface area contributed by atoms with Crippen molar-refractivity contribution < 1.29 is 43.2 Å². The quantitative estimate of drug-likeness (QED) is 0.0664. The van der Waals surface area contributed by atoms with Gasteiger partial charge in [-0.25, -0.2) is 0 Å². The number of benzene rings is 1. The van der Waals surface area contributed by atoms with Gasteiger partial charge in [-0.3, -0.25) is 48.1 Å². The molecule has 12 N–H and O–H groups in total. The van der Waals surface area contributed by atoms with Crippen molar-refractivity contribution in [2.24, 2.45) is 22.4 Å². The molecule has 64 heavy (non-hydrogen) atoms. The summed E-state index contributed by atoms with van der Waals surface area (Å²) in [7, 11) is 0. The second kappa shape index (κ2) is 25.7. The lowest BCUT2D eigenvalue weighted by Crippen LogP contribution is -2.59. The molecule has 0 spiro atoms. The van der Waals surface area contributed by atoms with E-state index in [2.05, 4.69) is 47.5 Å². The molecule has 0 bridgehead atoms. The third kappa shape index (κ3) is 17.1. The number of amides is 9. The number of carbonyl (C=O) groups is 9. The molecule has 354 valence electrons. The van der Waals surface area contributed by atoms with Gasteiger partial charge in [-0.05, 0) is 83.6 Å². The van der Waals surface area contributed by atoms with Gasteiger partial charge in [-0.1, -0.05) is 44.2 Å².